The molecule has 0 atom stereocenters. The van der Waals surface area contributed by atoms with Crippen molar-refractivity contribution in [2.24, 2.45) is 0 Å². The average Bonchev–Trinajstić information content (AvgIpc) is 2.58. The highest BCUT2D eigenvalue weighted by molar-refractivity contribution is 5.80. The largest absolute Gasteiger partial charge is 0.433 e. The zero-order valence-corrected chi connectivity index (χ0v) is 12.5. The first-order chi connectivity index (χ1) is 11.5. The number of para-hydroxylation sites is 1. The third-order valence-corrected chi connectivity index (χ3v) is 3.26. The van der Waals surface area contributed by atoms with Gasteiger partial charge in [0.25, 0.3) is 0 Å². The Bertz CT molecular complexity index is 835. The van der Waals surface area contributed by atoms with Gasteiger partial charge in [0.1, 0.15) is 11.5 Å². The molecule has 3 rings (SSSR count). The van der Waals surface area contributed by atoms with Crippen LogP contribution in [-0.2, 0) is 6.18 Å². The molecule has 0 aliphatic heterocycles. The summed E-state index contributed by atoms with van der Waals surface area (Å²) in [6.07, 6.45) is -3.40. The van der Waals surface area contributed by atoms with E-state index in [1.54, 1.807) is 0 Å². The number of aromatic nitrogens is 3. The fourth-order valence-corrected chi connectivity index (χ4v) is 2.13. The van der Waals surface area contributed by atoms with Gasteiger partial charge in [0.15, 0.2) is 0 Å². The molecular weight excluding hydrogens is 319 g/mol. The quantitative estimate of drug-likeness (QED) is 0.699. The number of hydrogen-bond acceptors (Lipinski definition) is 5. The average molecular weight is 333 g/mol. The van der Waals surface area contributed by atoms with Crippen molar-refractivity contribution in [1.29, 1.82) is 0 Å². The lowest BCUT2D eigenvalue weighted by molar-refractivity contribution is -0.141. The molecule has 0 radical (unpaired) electrons. The summed E-state index contributed by atoms with van der Waals surface area (Å²) in [5.41, 5.74) is -0.0965. The minimum atomic E-state index is -4.48. The van der Waals surface area contributed by atoms with Crippen LogP contribution in [0.3, 0.4) is 0 Å². The third-order valence-electron chi connectivity index (χ3n) is 3.26. The Morgan fingerprint density at radius 2 is 1.67 bits per heavy atom. The van der Waals surface area contributed by atoms with E-state index in [0.717, 1.165) is 23.2 Å². The molecule has 3 aromatic rings. The lowest BCUT2D eigenvalue weighted by atomic mass is 10.2. The van der Waals surface area contributed by atoms with Gasteiger partial charge < -0.3 is 10.6 Å². The van der Waals surface area contributed by atoms with Gasteiger partial charge in [0.2, 0.25) is 5.95 Å². The standard InChI is InChI=1S/C16H14F3N5/c17-16(18,19)13-7-8-21-15(24-13)22-10-9-20-14-6-5-11-3-1-2-4-12(11)23-14/h1-8H,9-10H2,(H,20,23)(H,21,22,24). The highest BCUT2D eigenvalue weighted by atomic mass is 19.4. The fraction of sp³-hybridized carbons (Fsp3) is 0.188. The number of alkyl halides is 3. The van der Waals surface area contributed by atoms with E-state index < -0.39 is 11.9 Å². The van der Waals surface area contributed by atoms with E-state index >= 15 is 0 Å². The number of anilines is 2. The zero-order chi connectivity index (χ0) is 17.0. The number of nitrogens with one attached hydrogen (secondary N) is 2. The van der Waals surface area contributed by atoms with E-state index in [4.69, 9.17) is 0 Å². The highest BCUT2D eigenvalue weighted by Gasteiger charge is 2.32. The molecule has 0 bridgehead atoms. The summed E-state index contributed by atoms with van der Waals surface area (Å²) in [4.78, 5) is 11.7. The maximum atomic E-state index is 12.6. The van der Waals surface area contributed by atoms with E-state index in [2.05, 4.69) is 25.6 Å². The van der Waals surface area contributed by atoms with Gasteiger partial charge in [0, 0.05) is 24.7 Å². The molecule has 1 aromatic carbocycles. The van der Waals surface area contributed by atoms with Crippen LogP contribution >= 0.6 is 0 Å². The van der Waals surface area contributed by atoms with Crippen LogP contribution in [0.4, 0.5) is 24.9 Å². The predicted octanol–water partition coefficient (Wildman–Crippen LogP) is 3.57. The number of fused-ring (bicyclic) bond motifs is 1. The molecule has 0 amide bonds. The number of rotatable bonds is 5. The molecule has 2 aromatic heterocycles. The predicted molar refractivity (Wildman–Crippen MR) is 85.8 cm³/mol. The molecule has 0 aliphatic rings. The molecule has 0 saturated carbocycles. The van der Waals surface area contributed by atoms with E-state index in [0.29, 0.717) is 18.9 Å². The van der Waals surface area contributed by atoms with Crippen LogP contribution in [0.5, 0.6) is 0 Å². The van der Waals surface area contributed by atoms with Gasteiger partial charge in [-0.1, -0.05) is 18.2 Å². The van der Waals surface area contributed by atoms with Crippen molar-refractivity contribution in [3.05, 3.63) is 54.4 Å². The highest BCUT2D eigenvalue weighted by Crippen LogP contribution is 2.27. The normalized spacial score (nSPS) is 11.5. The topological polar surface area (TPSA) is 62.7 Å². The van der Waals surface area contributed by atoms with Gasteiger partial charge in [-0.2, -0.15) is 13.2 Å². The van der Waals surface area contributed by atoms with Crippen molar-refractivity contribution in [3.63, 3.8) is 0 Å². The molecule has 0 fully saturated rings. The smallest absolute Gasteiger partial charge is 0.368 e. The van der Waals surface area contributed by atoms with E-state index in [1.165, 1.54) is 0 Å². The third kappa shape index (κ3) is 3.89. The van der Waals surface area contributed by atoms with Crippen LogP contribution in [0.2, 0.25) is 0 Å². The van der Waals surface area contributed by atoms with Gasteiger partial charge in [-0.15, -0.1) is 0 Å². The molecule has 2 heterocycles. The lowest BCUT2D eigenvalue weighted by Gasteiger charge is -2.10. The Kier molecular flexibility index (Phi) is 4.45. The van der Waals surface area contributed by atoms with Gasteiger partial charge >= 0.3 is 6.18 Å². The molecule has 0 saturated heterocycles. The Morgan fingerprint density at radius 1 is 0.875 bits per heavy atom. The maximum absolute atomic E-state index is 12.6. The second kappa shape index (κ2) is 6.69. The molecular formula is C16H14F3N5. The summed E-state index contributed by atoms with van der Waals surface area (Å²) in [5, 5.41) is 6.89. The number of pyridine rings is 1. The molecule has 8 heteroatoms. The Balaban J connectivity index is 1.55. The first kappa shape index (κ1) is 16.0. The van der Waals surface area contributed by atoms with Crippen LogP contribution in [0, 0.1) is 0 Å². The van der Waals surface area contributed by atoms with Crippen molar-refractivity contribution in [2.75, 3.05) is 23.7 Å². The Labute approximate surface area is 136 Å². The van der Waals surface area contributed by atoms with Crippen LogP contribution in [0.25, 0.3) is 10.9 Å². The molecule has 0 spiro atoms. The zero-order valence-electron chi connectivity index (χ0n) is 12.5. The van der Waals surface area contributed by atoms with Crippen molar-refractivity contribution >= 4 is 22.7 Å². The van der Waals surface area contributed by atoms with Crippen LogP contribution in [0.15, 0.2) is 48.7 Å². The molecule has 24 heavy (non-hydrogen) atoms. The summed E-state index contributed by atoms with van der Waals surface area (Å²) in [7, 11) is 0. The van der Waals surface area contributed by atoms with Crippen molar-refractivity contribution in [3.8, 4) is 0 Å². The summed E-state index contributed by atoms with van der Waals surface area (Å²) in [5.74, 6) is 0.638. The minimum absolute atomic E-state index is 0.0573. The van der Waals surface area contributed by atoms with Crippen LogP contribution < -0.4 is 10.6 Å². The van der Waals surface area contributed by atoms with E-state index in [9.17, 15) is 13.2 Å². The van der Waals surface area contributed by atoms with Gasteiger partial charge in [-0.3, -0.25) is 0 Å². The summed E-state index contributed by atoms with van der Waals surface area (Å²) < 4.78 is 37.7. The second-order valence-electron chi connectivity index (χ2n) is 5.01. The number of nitrogens with zero attached hydrogens (tertiary/aromatic N) is 3. The summed E-state index contributed by atoms with van der Waals surface area (Å²) >= 11 is 0. The monoisotopic (exact) mass is 333 g/mol. The summed E-state index contributed by atoms with van der Waals surface area (Å²) in [6, 6.07) is 12.4. The number of benzene rings is 1. The first-order valence-electron chi connectivity index (χ1n) is 7.26. The maximum Gasteiger partial charge on any atom is 0.433 e. The van der Waals surface area contributed by atoms with E-state index in [1.807, 2.05) is 36.4 Å². The Morgan fingerprint density at radius 3 is 2.50 bits per heavy atom. The van der Waals surface area contributed by atoms with Gasteiger partial charge in [-0.25, -0.2) is 15.0 Å². The number of halogens is 3. The minimum Gasteiger partial charge on any atom is -0.368 e. The van der Waals surface area contributed by atoms with Crippen molar-refractivity contribution in [2.45, 2.75) is 6.18 Å². The number of hydrogen-bond donors (Lipinski definition) is 2. The molecule has 124 valence electrons. The van der Waals surface area contributed by atoms with Crippen molar-refractivity contribution < 1.29 is 13.2 Å². The Hall–Kier alpha value is -2.90. The fourth-order valence-electron chi connectivity index (χ4n) is 2.13. The molecule has 2 N–H and O–H groups in total. The molecule has 0 unspecified atom stereocenters. The van der Waals surface area contributed by atoms with Gasteiger partial charge in [-0.05, 0) is 24.3 Å². The molecule has 0 aliphatic carbocycles. The SMILES string of the molecule is FC(F)(F)c1ccnc(NCCNc2ccc3ccccc3n2)n1. The van der Waals surface area contributed by atoms with Crippen molar-refractivity contribution in [1.82, 2.24) is 15.0 Å². The van der Waals surface area contributed by atoms with Gasteiger partial charge in [0.05, 0.1) is 5.52 Å². The second-order valence-corrected chi connectivity index (χ2v) is 5.01. The van der Waals surface area contributed by atoms with Crippen LogP contribution in [-0.4, -0.2) is 28.0 Å². The summed E-state index contributed by atoms with van der Waals surface area (Å²) in [6.45, 7) is 0.820. The van der Waals surface area contributed by atoms with E-state index in [-0.39, 0.29) is 5.95 Å². The molecule has 5 nitrogen and oxygen atoms in total. The first-order valence-corrected chi connectivity index (χ1v) is 7.26. The van der Waals surface area contributed by atoms with Crippen LogP contribution in [0.1, 0.15) is 5.69 Å². The lowest BCUT2D eigenvalue weighted by Crippen LogP contribution is -2.17.